The zero-order valence-corrected chi connectivity index (χ0v) is 13.7. The zero-order valence-electron chi connectivity index (χ0n) is 13.0. The monoisotopic (exact) mass is 337 g/mol. The molecule has 0 saturated heterocycles. The van der Waals surface area contributed by atoms with Gasteiger partial charge in [0.15, 0.2) is 0 Å². The first-order valence-corrected chi connectivity index (χ1v) is 7.99. The van der Waals surface area contributed by atoms with E-state index in [4.69, 9.17) is 16.3 Å². The largest absolute Gasteiger partial charge is 0.460 e. The van der Waals surface area contributed by atoms with Crippen molar-refractivity contribution in [1.82, 2.24) is 4.98 Å². The molecule has 3 nitrogen and oxygen atoms in total. The third kappa shape index (κ3) is 4.43. The number of nitrogens with zero attached hydrogens (tertiary/aromatic N) is 1. The van der Waals surface area contributed by atoms with E-state index in [-0.39, 0.29) is 19.0 Å². The predicted octanol–water partition coefficient (Wildman–Crippen LogP) is 4.69. The number of hydrogen-bond donors (Lipinski definition) is 0. The minimum Gasteiger partial charge on any atom is -0.460 e. The third-order valence-corrected chi connectivity index (χ3v) is 3.82. The van der Waals surface area contributed by atoms with Crippen LogP contribution in [0, 0.1) is 0 Å². The first-order chi connectivity index (χ1) is 11.7. The molecule has 0 saturated carbocycles. The second-order valence-corrected chi connectivity index (χ2v) is 5.78. The van der Waals surface area contributed by atoms with E-state index in [0.29, 0.717) is 5.15 Å². The minimum atomic E-state index is -0.266. The lowest BCUT2D eigenvalue weighted by molar-refractivity contribution is -0.144. The molecule has 0 bridgehead atoms. The van der Waals surface area contributed by atoms with Crippen molar-refractivity contribution in [2.45, 2.75) is 13.0 Å². The summed E-state index contributed by atoms with van der Waals surface area (Å²) in [4.78, 5) is 15.9. The molecule has 0 fully saturated rings. The van der Waals surface area contributed by atoms with Gasteiger partial charge in [-0.2, -0.15) is 0 Å². The van der Waals surface area contributed by atoms with E-state index >= 15 is 0 Å². The molecule has 0 aliphatic carbocycles. The van der Waals surface area contributed by atoms with E-state index in [1.807, 2.05) is 42.5 Å². The molecule has 0 N–H and O–H groups in total. The highest BCUT2D eigenvalue weighted by Gasteiger charge is 2.06. The van der Waals surface area contributed by atoms with Gasteiger partial charge in [0.2, 0.25) is 0 Å². The van der Waals surface area contributed by atoms with E-state index in [1.165, 1.54) is 0 Å². The highest BCUT2D eigenvalue weighted by atomic mass is 35.5. The van der Waals surface area contributed by atoms with E-state index < -0.39 is 0 Å². The van der Waals surface area contributed by atoms with Crippen molar-refractivity contribution in [3.8, 4) is 11.1 Å². The molecule has 1 aromatic heterocycles. The summed E-state index contributed by atoms with van der Waals surface area (Å²) in [6.45, 7) is 0.200. The van der Waals surface area contributed by atoms with Gasteiger partial charge in [-0.25, -0.2) is 4.98 Å². The highest BCUT2D eigenvalue weighted by Crippen LogP contribution is 2.19. The van der Waals surface area contributed by atoms with Crippen LogP contribution in [0.15, 0.2) is 72.9 Å². The average molecular weight is 338 g/mol. The van der Waals surface area contributed by atoms with Crippen LogP contribution < -0.4 is 0 Å². The maximum atomic E-state index is 11.9. The summed E-state index contributed by atoms with van der Waals surface area (Å²) in [6, 6.07) is 21.5. The lowest BCUT2D eigenvalue weighted by Crippen LogP contribution is -2.08. The van der Waals surface area contributed by atoms with Gasteiger partial charge in [-0.05, 0) is 22.8 Å². The van der Waals surface area contributed by atoms with Crippen LogP contribution in [0.4, 0.5) is 0 Å². The maximum Gasteiger partial charge on any atom is 0.310 e. The topological polar surface area (TPSA) is 39.2 Å². The standard InChI is InChI=1S/C20H16ClNO2/c21-19-11-8-16(13-22-19)14-24-20(23)12-15-6-9-18(10-7-15)17-4-2-1-3-5-17/h1-11,13H,12,14H2. The number of benzene rings is 2. The molecular formula is C20H16ClNO2. The van der Waals surface area contributed by atoms with Crippen molar-refractivity contribution in [2.75, 3.05) is 0 Å². The molecule has 2 aromatic carbocycles. The Hall–Kier alpha value is -2.65. The number of halogens is 1. The summed E-state index contributed by atoms with van der Waals surface area (Å²) in [5.41, 5.74) is 4.02. The Balaban J connectivity index is 1.55. The smallest absolute Gasteiger partial charge is 0.310 e. The van der Waals surface area contributed by atoms with Gasteiger partial charge in [0.1, 0.15) is 11.8 Å². The highest BCUT2D eigenvalue weighted by molar-refractivity contribution is 6.29. The van der Waals surface area contributed by atoms with Crippen molar-refractivity contribution >= 4 is 17.6 Å². The van der Waals surface area contributed by atoms with Crippen LogP contribution in [-0.2, 0) is 22.6 Å². The van der Waals surface area contributed by atoms with E-state index in [0.717, 1.165) is 22.3 Å². The van der Waals surface area contributed by atoms with Gasteiger partial charge < -0.3 is 4.74 Å². The van der Waals surface area contributed by atoms with Gasteiger partial charge in [0.05, 0.1) is 6.42 Å². The fourth-order valence-electron chi connectivity index (χ4n) is 2.32. The molecular weight excluding hydrogens is 322 g/mol. The van der Waals surface area contributed by atoms with Gasteiger partial charge in [-0.3, -0.25) is 4.79 Å². The lowest BCUT2D eigenvalue weighted by atomic mass is 10.0. The average Bonchev–Trinajstić information content (AvgIpc) is 2.63. The normalized spacial score (nSPS) is 10.4. The molecule has 4 heteroatoms. The van der Waals surface area contributed by atoms with Gasteiger partial charge in [-0.1, -0.05) is 72.3 Å². The van der Waals surface area contributed by atoms with Gasteiger partial charge in [0, 0.05) is 11.8 Å². The molecule has 0 aliphatic rings. The second kappa shape index (κ2) is 7.75. The fraction of sp³-hybridized carbons (Fsp3) is 0.100. The van der Waals surface area contributed by atoms with Gasteiger partial charge >= 0.3 is 5.97 Å². The molecule has 0 atom stereocenters. The Bertz CT molecular complexity index is 799. The van der Waals surface area contributed by atoms with Gasteiger partial charge in [0.25, 0.3) is 0 Å². The fourth-order valence-corrected chi connectivity index (χ4v) is 2.43. The van der Waals surface area contributed by atoms with Crippen LogP contribution in [0.2, 0.25) is 5.15 Å². The molecule has 3 rings (SSSR count). The van der Waals surface area contributed by atoms with E-state index in [1.54, 1.807) is 18.3 Å². The SMILES string of the molecule is O=C(Cc1ccc(-c2ccccc2)cc1)OCc1ccc(Cl)nc1. The van der Waals surface area contributed by atoms with Crippen molar-refractivity contribution in [3.05, 3.63) is 89.2 Å². The van der Waals surface area contributed by atoms with Crippen molar-refractivity contribution in [3.63, 3.8) is 0 Å². The number of esters is 1. The van der Waals surface area contributed by atoms with Crippen molar-refractivity contribution in [1.29, 1.82) is 0 Å². The number of carbonyl (C=O) groups is 1. The first kappa shape index (κ1) is 16.2. The van der Waals surface area contributed by atoms with Crippen LogP contribution >= 0.6 is 11.6 Å². The Kier molecular flexibility index (Phi) is 5.24. The molecule has 24 heavy (non-hydrogen) atoms. The number of hydrogen-bond acceptors (Lipinski definition) is 3. The molecule has 3 aromatic rings. The molecule has 0 aliphatic heterocycles. The second-order valence-electron chi connectivity index (χ2n) is 5.39. The van der Waals surface area contributed by atoms with Crippen LogP contribution in [0.1, 0.15) is 11.1 Å². The summed E-state index contributed by atoms with van der Waals surface area (Å²) in [5, 5.41) is 0.420. The van der Waals surface area contributed by atoms with Crippen LogP contribution in [0.5, 0.6) is 0 Å². The Morgan fingerprint density at radius 1 is 0.875 bits per heavy atom. The van der Waals surface area contributed by atoms with Gasteiger partial charge in [-0.15, -0.1) is 0 Å². The Morgan fingerprint density at radius 2 is 1.54 bits per heavy atom. The Labute approximate surface area is 145 Å². The zero-order chi connectivity index (χ0) is 16.8. The summed E-state index contributed by atoms with van der Waals surface area (Å²) in [6.07, 6.45) is 1.85. The number of pyridine rings is 1. The van der Waals surface area contributed by atoms with E-state index in [9.17, 15) is 4.79 Å². The maximum absolute atomic E-state index is 11.9. The number of rotatable bonds is 5. The van der Waals surface area contributed by atoms with Crippen molar-refractivity contribution in [2.24, 2.45) is 0 Å². The Morgan fingerprint density at radius 3 is 2.21 bits per heavy atom. The van der Waals surface area contributed by atoms with Crippen LogP contribution in [-0.4, -0.2) is 11.0 Å². The third-order valence-electron chi connectivity index (χ3n) is 3.60. The summed E-state index contributed by atoms with van der Waals surface area (Å²) in [5.74, 6) is -0.266. The molecule has 1 heterocycles. The minimum absolute atomic E-state index is 0.200. The quantitative estimate of drug-likeness (QED) is 0.501. The van der Waals surface area contributed by atoms with Crippen LogP contribution in [0.3, 0.4) is 0 Å². The molecule has 120 valence electrons. The molecule has 0 unspecified atom stereocenters. The first-order valence-electron chi connectivity index (χ1n) is 7.61. The van der Waals surface area contributed by atoms with Crippen molar-refractivity contribution < 1.29 is 9.53 Å². The number of aromatic nitrogens is 1. The summed E-state index contributed by atoms with van der Waals surface area (Å²) < 4.78 is 5.26. The molecule has 0 spiro atoms. The number of carbonyl (C=O) groups excluding carboxylic acids is 1. The molecule has 0 amide bonds. The number of ether oxygens (including phenoxy) is 1. The van der Waals surface area contributed by atoms with Crippen LogP contribution in [0.25, 0.3) is 11.1 Å². The summed E-state index contributed by atoms with van der Waals surface area (Å²) >= 11 is 5.72. The lowest BCUT2D eigenvalue weighted by Gasteiger charge is -2.06. The predicted molar refractivity (Wildman–Crippen MR) is 94.6 cm³/mol. The summed E-state index contributed by atoms with van der Waals surface area (Å²) in [7, 11) is 0. The molecule has 0 radical (unpaired) electrons. The van der Waals surface area contributed by atoms with E-state index in [2.05, 4.69) is 17.1 Å².